The summed E-state index contributed by atoms with van der Waals surface area (Å²) in [7, 11) is -5.30. The van der Waals surface area contributed by atoms with Crippen LogP contribution < -0.4 is 11.2 Å². The summed E-state index contributed by atoms with van der Waals surface area (Å²) in [6.07, 6.45) is -0.954. The Bertz CT molecular complexity index is 1350. The number of methoxy groups -OCH3 is 1. The van der Waals surface area contributed by atoms with E-state index in [1.807, 2.05) is 13.1 Å². The second-order valence-corrected chi connectivity index (χ2v) is 20.9. The van der Waals surface area contributed by atoms with Crippen LogP contribution in [0.15, 0.2) is 33.7 Å². The Labute approximate surface area is 265 Å². The number of aromatic nitrogens is 2. The molecule has 1 aliphatic rings. The van der Waals surface area contributed by atoms with Crippen molar-refractivity contribution in [2.45, 2.75) is 105 Å². The number of H-pyrrole nitrogens is 1. The highest BCUT2D eigenvalue weighted by atomic mass is 31.2. The Kier molecular flexibility index (Phi) is 12.6. The molecular formula is C29H49N2O12PSi. The van der Waals surface area contributed by atoms with E-state index >= 15 is 0 Å². The van der Waals surface area contributed by atoms with Crippen LogP contribution in [-0.2, 0) is 46.6 Å². The van der Waals surface area contributed by atoms with Crippen molar-refractivity contribution in [1.29, 1.82) is 0 Å². The third-order valence-electron chi connectivity index (χ3n) is 7.39. The minimum absolute atomic E-state index is 0.220. The number of ether oxygens (including phenoxy) is 4. The third-order valence-corrected chi connectivity index (χ3v) is 13.3. The predicted octanol–water partition coefficient (Wildman–Crippen LogP) is 4.67. The molecule has 14 nitrogen and oxygen atoms in total. The minimum atomic E-state index is -4.25. The lowest BCUT2D eigenvalue weighted by atomic mass is 9.98. The van der Waals surface area contributed by atoms with Crippen LogP contribution in [0, 0.1) is 10.8 Å². The third kappa shape index (κ3) is 10.6. The van der Waals surface area contributed by atoms with E-state index in [-0.39, 0.29) is 5.04 Å². The van der Waals surface area contributed by atoms with Crippen molar-refractivity contribution < 1.29 is 46.6 Å². The van der Waals surface area contributed by atoms with Gasteiger partial charge < -0.3 is 23.4 Å². The average molecular weight is 677 g/mol. The maximum absolute atomic E-state index is 13.8. The fraction of sp³-hybridized carbons (Fsp3) is 0.724. The van der Waals surface area contributed by atoms with Crippen LogP contribution in [0.3, 0.4) is 0 Å². The van der Waals surface area contributed by atoms with Crippen LogP contribution in [-0.4, -0.2) is 68.8 Å². The maximum atomic E-state index is 13.8. The van der Waals surface area contributed by atoms with Gasteiger partial charge in [0, 0.05) is 25.2 Å². The first-order chi connectivity index (χ1) is 20.4. The summed E-state index contributed by atoms with van der Waals surface area (Å²) in [5, 5.41) is -0.220. The number of aromatic amines is 1. The van der Waals surface area contributed by atoms with E-state index in [9.17, 15) is 23.7 Å². The zero-order chi connectivity index (χ0) is 34.6. The molecular weight excluding hydrogens is 627 g/mol. The van der Waals surface area contributed by atoms with Gasteiger partial charge in [0.05, 0.1) is 10.8 Å². The van der Waals surface area contributed by atoms with Gasteiger partial charge in [-0.2, -0.15) is 0 Å². The number of hydrogen-bond acceptors (Lipinski definition) is 12. The highest BCUT2D eigenvalue weighted by Crippen LogP contribution is 2.51. The first kappa shape index (κ1) is 38.8. The summed E-state index contributed by atoms with van der Waals surface area (Å²) >= 11 is 0. The first-order valence-electron chi connectivity index (χ1n) is 14.5. The number of nitrogens with zero attached hydrogens (tertiary/aromatic N) is 1. The van der Waals surface area contributed by atoms with Crippen molar-refractivity contribution >= 4 is 27.9 Å². The van der Waals surface area contributed by atoms with E-state index in [4.69, 9.17) is 32.4 Å². The molecule has 1 aromatic rings. The second kappa shape index (κ2) is 14.6. The van der Waals surface area contributed by atoms with E-state index in [2.05, 4.69) is 25.8 Å². The van der Waals surface area contributed by atoms with Gasteiger partial charge in [-0.3, -0.25) is 37.5 Å². The summed E-state index contributed by atoms with van der Waals surface area (Å²) in [5.74, 6) is -0.104. The highest BCUT2D eigenvalue weighted by molar-refractivity contribution is 7.57. The van der Waals surface area contributed by atoms with Crippen molar-refractivity contribution in [2.75, 3.05) is 20.7 Å². The summed E-state index contributed by atoms with van der Waals surface area (Å²) in [5.41, 5.74) is -2.99. The van der Waals surface area contributed by atoms with E-state index < -0.39 is 88.1 Å². The number of carbonyl (C=O) groups excluding carboxylic acids is 2. The Balaban J connectivity index is 2.48. The Hall–Kier alpha value is -2.39. The van der Waals surface area contributed by atoms with Crippen LogP contribution >= 0.6 is 7.60 Å². The molecule has 45 heavy (non-hydrogen) atoms. The predicted molar refractivity (Wildman–Crippen MR) is 168 cm³/mol. The largest absolute Gasteiger partial charge is 0.438 e. The summed E-state index contributed by atoms with van der Waals surface area (Å²) in [6, 6.07) is 1.18. The number of hydrogen-bond donors (Lipinski definition) is 1. The minimum Gasteiger partial charge on any atom is -0.438 e. The lowest BCUT2D eigenvalue weighted by Gasteiger charge is -2.40. The van der Waals surface area contributed by atoms with E-state index in [1.165, 1.54) is 30.0 Å². The monoisotopic (exact) mass is 676 g/mol. The van der Waals surface area contributed by atoms with Gasteiger partial charge in [-0.05, 0) is 65.8 Å². The van der Waals surface area contributed by atoms with Gasteiger partial charge >= 0.3 is 25.2 Å². The van der Waals surface area contributed by atoms with Gasteiger partial charge in [0.25, 0.3) is 5.56 Å². The SMILES string of the molecule is COC1C(O[Si](C)(C)C(C)(C)C)[C@@H](/C=C/P(=O)(OCOC(=O)C(C)(C)C)OCOC(=O)C(C)(C)C)O[C@H]1n1ccc(=O)[nH]c1=O. The lowest BCUT2D eigenvalue weighted by molar-refractivity contribution is -0.161. The van der Waals surface area contributed by atoms with Gasteiger partial charge in [0.1, 0.15) is 18.3 Å². The summed E-state index contributed by atoms with van der Waals surface area (Å²) < 4.78 is 54.8. The molecule has 1 fully saturated rings. The molecule has 2 unspecified atom stereocenters. The Morgan fingerprint density at radius 1 is 0.956 bits per heavy atom. The van der Waals surface area contributed by atoms with Crippen LogP contribution in [0.25, 0.3) is 0 Å². The molecule has 0 bridgehead atoms. The normalized spacial score (nSPS) is 21.7. The van der Waals surface area contributed by atoms with Gasteiger partial charge in [-0.1, -0.05) is 20.8 Å². The van der Waals surface area contributed by atoms with Gasteiger partial charge in [-0.15, -0.1) is 0 Å². The standard InChI is InChI=1S/C29H49N2O12PSi/c1-27(2,3)24(33)38-17-40-44(36,41-18-39-25(34)28(4,5)6)16-14-19-21(43-45(11,12)29(7,8)9)22(37-10)23(42-19)31-15-13-20(32)30-26(31)35/h13-16,19,21-23H,17-18H2,1-12H3,(H,30,32,35)/b16-14+/t19-,21?,22?,23-/m1/s1. The molecule has 0 aromatic carbocycles. The molecule has 2 rings (SSSR count). The average Bonchev–Trinajstić information content (AvgIpc) is 3.21. The van der Waals surface area contributed by atoms with Crippen molar-refractivity contribution in [3.63, 3.8) is 0 Å². The van der Waals surface area contributed by atoms with E-state index in [1.54, 1.807) is 41.5 Å². The van der Waals surface area contributed by atoms with Crippen molar-refractivity contribution in [2.24, 2.45) is 10.8 Å². The topological polar surface area (TPSA) is 171 Å². The summed E-state index contributed by atoms with van der Waals surface area (Å²) in [6.45, 7) is 18.7. The van der Waals surface area contributed by atoms with E-state index in [0.717, 1.165) is 5.82 Å². The number of nitrogens with one attached hydrogen (secondary N) is 1. The van der Waals surface area contributed by atoms with Gasteiger partial charge in [0.2, 0.25) is 13.6 Å². The molecule has 1 saturated heterocycles. The number of esters is 2. The van der Waals surface area contributed by atoms with Crippen LogP contribution in [0.2, 0.25) is 18.1 Å². The fourth-order valence-electron chi connectivity index (χ4n) is 3.63. The maximum Gasteiger partial charge on any atom is 0.359 e. The molecule has 2 heterocycles. The van der Waals surface area contributed by atoms with Crippen molar-refractivity contribution in [1.82, 2.24) is 9.55 Å². The number of rotatable bonds is 12. The smallest absolute Gasteiger partial charge is 0.359 e. The molecule has 16 heteroatoms. The van der Waals surface area contributed by atoms with Crippen LogP contribution in [0.4, 0.5) is 0 Å². The molecule has 1 N–H and O–H groups in total. The molecule has 0 spiro atoms. The highest BCUT2D eigenvalue weighted by Gasteiger charge is 2.51. The zero-order valence-corrected chi connectivity index (χ0v) is 30.2. The Morgan fingerprint density at radius 2 is 1.47 bits per heavy atom. The molecule has 0 radical (unpaired) electrons. The van der Waals surface area contributed by atoms with Crippen molar-refractivity contribution in [3.8, 4) is 0 Å². The summed E-state index contributed by atoms with van der Waals surface area (Å²) in [4.78, 5) is 51.1. The van der Waals surface area contributed by atoms with Gasteiger partial charge in [0.15, 0.2) is 14.5 Å². The lowest BCUT2D eigenvalue weighted by Crippen LogP contribution is -2.49. The second-order valence-electron chi connectivity index (χ2n) is 14.3. The van der Waals surface area contributed by atoms with Gasteiger partial charge in [-0.25, -0.2) is 4.79 Å². The molecule has 0 amide bonds. The van der Waals surface area contributed by atoms with Crippen molar-refractivity contribution in [3.05, 3.63) is 45.0 Å². The zero-order valence-electron chi connectivity index (χ0n) is 28.3. The quantitative estimate of drug-likeness (QED) is 0.141. The molecule has 0 aliphatic carbocycles. The molecule has 4 atom stereocenters. The fourth-order valence-corrected chi connectivity index (χ4v) is 5.96. The van der Waals surface area contributed by atoms with E-state index in [0.29, 0.717) is 0 Å². The number of carbonyl (C=O) groups is 2. The molecule has 1 aromatic heterocycles. The Morgan fingerprint density at radius 3 is 1.89 bits per heavy atom. The first-order valence-corrected chi connectivity index (χ1v) is 19.0. The van der Waals surface area contributed by atoms with Crippen LogP contribution in [0.1, 0.15) is 68.5 Å². The molecule has 0 saturated carbocycles. The van der Waals surface area contributed by atoms with Crippen LogP contribution in [0.5, 0.6) is 0 Å². The molecule has 1 aliphatic heterocycles. The molecule has 256 valence electrons.